The Morgan fingerprint density at radius 1 is 1.22 bits per heavy atom. The quantitative estimate of drug-likeness (QED) is 0.755. The molecule has 0 radical (unpaired) electrons. The van der Waals surface area contributed by atoms with E-state index >= 15 is 0 Å². The topological polar surface area (TPSA) is 128 Å². The minimum Gasteiger partial charge on any atom is -0.497 e. The summed E-state index contributed by atoms with van der Waals surface area (Å²) < 4.78 is 37.9. The Morgan fingerprint density at radius 2 is 1.93 bits per heavy atom. The van der Waals surface area contributed by atoms with Gasteiger partial charge in [-0.3, -0.25) is 9.89 Å². The zero-order chi connectivity index (χ0) is 19.6. The number of nitrogens with zero attached hydrogens (tertiary/aromatic N) is 2. The second kappa shape index (κ2) is 7.57. The summed E-state index contributed by atoms with van der Waals surface area (Å²) in [6.07, 6.45) is 1.22. The van der Waals surface area contributed by atoms with Crippen molar-refractivity contribution in [2.24, 2.45) is 5.73 Å². The number of H-pyrrole nitrogens is 1. The maximum atomic E-state index is 13.0. The Labute approximate surface area is 157 Å². The molecule has 0 saturated carbocycles. The molecule has 9 nitrogen and oxygen atoms in total. The number of hydrogen-bond donors (Lipinski definition) is 2. The lowest BCUT2D eigenvalue weighted by molar-refractivity contribution is 0.0995. The van der Waals surface area contributed by atoms with E-state index in [9.17, 15) is 13.2 Å². The van der Waals surface area contributed by atoms with E-state index in [2.05, 4.69) is 10.2 Å². The molecule has 1 aromatic heterocycles. The second-order valence-electron chi connectivity index (χ2n) is 6.27. The zero-order valence-corrected chi connectivity index (χ0v) is 16.0. The molecule has 1 aromatic carbocycles. The third-order valence-corrected chi connectivity index (χ3v) is 6.67. The predicted octanol–water partition coefficient (Wildman–Crippen LogP) is 1.09. The summed E-state index contributed by atoms with van der Waals surface area (Å²) in [5.74, 6) is 0.268. The van der Waals surface area contributed by atoms with Crippen LogP contribution in [0, 0.1) is 0 Å². The molecule has 0 unspecified atom stereocenters. The molecule has 2 aromatic rings. The van der Waals surface area contributed by atoms with Gasteiger partial charge in [-0.1, -0.05) is 0 Å². The summed E-state index contributed by atoms with van der Waals surface area (Å²) in [5, 5.41) is 6.71. The molecule has 3 rings (SSSR count). The van der Waals surface area contributed by atoms with Crippen LogP contribution >= 0.6 is 0 Å². The molecule has 146 valence electrons. The number of sulfonamides is 1. The SMILES string of the molecule is COc1ccc(S(=O)(=O)N2CCC(c3cc(C(N)=O)n[nH]3)CC2)c(OC)c1. The van der Waals surface area contributed by atoms with Crippen molar-refractivity contribution in [1.29, 1.82) is 0 Å². The number of carbonyl (C=O) groups is 1. The van der Waals surface area contributed by atoms with Crippen molar-refractivity contribution < 1.29 is 22.7 Å². The van der Waals surface area contributed by atoms with Crippen molar-refractivity contribution in [2.45, 2.75) is 23.7 Å². The van der Waals surface area contributed by atoms with E-state index in [1.54, 1.807) is 18.2 Å². The van der Waals surface area contributed by atoms with Gasteiger partial charge in [-0.15, -0.1) is 0 Å². The molecule has 1 saturated heterocycles. The average molecular weight is 394 g/mol. The van der Waals surface area contributed by atoms with Crippen molar-refractivity contribution in [3.63, 3.8) is 0 Å². The number of methoxy groups -OCH3 is 2. The van der Waals surface area contributed by atoms with Crippen LogP contribution in [0.1, 0.15) is 34.9 Å². The van der Waals surface area contributed by atoms with E-state index in [4.69, 9.17) is 15.2 Å². The van der Waals surface area contributed by atoms with Gasteiger partial charge in [-0.2, -0.15) is 9.40 Å². The number of nitrogens with one attached hydrogen (secondary N) is 1. The minimum absolute atomic E-state index is 0.0924. The molecule has 1 aliphatic heterocycles. The van der Waals surface area contributed by atoms with Gasteiger partial charge in [0, 0.05) is 30.8 Å². The second-order valence-corrected chi connectivity index (χ2v) is 8.17. The lowest BCUT2D eigenvalue weighted by atomic mass is 9.94. The zero-order valence-electron chi connectivity index (χ0n) is 15.1. The first-order valence-electron chi connectivity index (χ1n) is 8.44. The number of piperidine rings is 1. The summed E-state index contributed by atoms with van der Waals surface area (Å²) in [4.78, 5) is 11.3. The molecule has 0 aliphatic carbocycles. The minimum atomic E-state index is -3.69. The highest BCUT2D eigenvalue weighted by Crippen LogP contribution is 2.34. The summed E-state index contributed by atoms with van der Waals surface area (Å²) in [6.45, 7) is 0.709. The van der Waals surface area contributed by atoms with Crippen molar-refractivity contribution in [3.05, 3.63) is 35.7 Å². The molecule has 27 heavy (non-hydrogen) atoms. The number of carbonyl (C=O) groups excluding carboxylic acids is 1. The number of aromatic amines is 1. The largest absolute Gasteiger partial charge is 0.497 e. The number of hydrogen-bond acceptors (Lipinski definition) is 6. The Kier molecular flexibility index (Phi) is 5.38. The van der Waals surface area contributed by atoms with E-state index in [-0.39, 0.29) is 22.3 Å². The molecular formula is C17H22N4O5S. The maximum Gasteiger partial charge on any atom is 0.269 e. The van der Waals surface area contributed by atoms with Crippen LogP contribution in [0.25, 0.3) is 0 Å². The highest BCUT2D eigenvalue weighted by atomic mass is 32.2. The van der Waals surface area contributed by atoms with Crippen LogP contribution in [0.15, 0.2) is 29.2 Å². The summed E-state index contributed by atoms with van der Waals surface area (Å²) in [7, 11) is -0.759. The van der Waals surface area contributed by atoms with Gasteiger partial charge in [0.05, 0.1) is 14.2 Å². The lowest BCUT2D eigenvalue weighted by Crippen LogP contribution is -2.38. The molecule has 1 amide bonds. The maximum absolute atomic E-state index is 13.0. The Morgan fingerprint density at radius 3 is 2.48 bits per heavy atom. The first kappa shape index (κ1) is 19.2. The van der Waals surface area contributed by atoms with E-state index in [0.29, 0.717) is 31.7 Å². The molecule has 1 fully saturated rings. The van der Waals surface area contributed by atoms with Crippen LogP contribution < -0.4 is 15.2 Å². The standard InChI is InChI=1S/C17H22N4O5S/c1-25-12-3-4-16(15(9-12)26-2)27(23,24)21-7-5-11(6-8-21)13-10-14(17(18)22)20-19-13/h3-4,9-11H,5-8H2,1-2H3,(H2,18,22)(H,19,20). The van der Waals surface area contributed by atoms with Crippen molar-refractivity contribution in [3.8, 4) is 11.5 Å². The fourth-order valence-electron chi connectivity index (χ4n) is 3.21. The number of benzene rings is 1. The van der Waals surface area contributed by atoms with E-state index in [1.807, 2.05) is 0 Å². The molecule has 0 spiro atoms. The van der Waals surface area contributed by atoms with E-state index in [0.717, 1.165) is 5.69 Å². The van der Waals surface area contributed by atoms with Gasteiger partial charge < -0.3 is 15.2 Å². The van der Waals surface area contributed by atoms with Gasteiger partial charge >= 0.3 is 0 Å². The smallest absolute Gasteiger partial charge is 0.269 e. The van der Waals surface area contributed by atoms with E-state index < -0.39 is 15.9 Å². The molecule has 3 N–H and O–H groups in total. The van der Waals surface area contributed by atoms with Gasteiger partial charge in [0.2, 0.25) is 10.0 Å². The third-order valence-electron chi connectivity index (χ3n) is 4.73. The Bertz CT molecular complexity index is 933. The van der Waals surface area contributed by atoms with Crippen LogP contribution in [0.5, 0.6) is 11.5 Å². The fourth-order valence-corrected chi connectivity index (χ4v) is 4.81. The predicted molar refractivity (Wildman–Crippen MR) is 97.4 cm³/mol. The van der Waals surface area contributed by atoms with Gasteiger partial charge in [-0.25, -0.2) is 8.42 Å². The molecule has 1 aliphatic rings. The average Bonchev–Trinajstić information content (AvgIpc) is 3.18. The van der Waals surface area contributed by atoms with Crippen molar-refractivity contribution in [1.82, 2.24) is 14.5 Å². The molecule has 0 bridgehead atoms. The molecular weight excluding hydrogens is 372 g/mol. The molecule has 10 heteroatoms. The summed E-state index contributed by atoms with van der Waals surface area (Å²) >= 11 is 0. The van der Waals surface area contributed by atoms with E-state index in [1.165, 1.54) is 24.6 Å². The Balaban J connectivity index is 1.75. The van der Waals surface area contributed by atoms with Gasteiger partial charge in [0.25, 0.3) is 5.91 Å². The normalized spacial score (nSPS) is 16.2. The number of primary amides is 1. The number of amides is 1. The number of rotatable bonds is 6. The summed E-state index contributed by atoms with van der Waals surface area (Å²) in [6, 6.07) is 6.27. The van der Waals surface area contributed by atoms with Crippen LogP contribution in [0.2, 0.25) is 0 Å². The van der Waals surface area contributed by atoms with Crippen LogP contribution in [0.4, 0.5) is 0 Å². The van der Waals surface area contributed by atoms with Crippen LogP contribution in [-0.4, -0.2) is 56.1 Å². The van der Waals surface area contributed by atoms with Gasteiger partial charge in [-0.05, 0) is 31.0 Å². The number of nitrogens with two attached hydrogens (primary N) is 1. The first-order chi connectivity index (χ1) is 12.9. The highest BCUT2D eigenvalue weighted by Gasteiger charge is 2.32. The third kappa shape index (κ3) is 3.76. The van der Waals surface area contributed by atoms with Gasteiger partial charge in [0.15, 0.2) is 0 Å². The van der Waals surface area contributed by atoms with Crippen molar-refractivity contribution in [2.75, 3.05) is 27.3 Å². The molecule has 0 atom stereocenters. The van der Waals surface area contributed by atoms with Crippen molar-refractivity contribution >= 4 is 15.9 Å². The Hall–Kier alpha value is -2.59. The van der Waals surface area contributed by atoms with Gasteiger partial charge in [0.1, 0.15) is 22.1 Å². The fraction of sp³-hybridized carbons (Fsp3) is 0.412. The highest BCUT2D eigenvalue weighted by molar-refractivity contribution is 7.89. The molecule has 2 heterocycles. The number of ether oxygens (including phenoxy) is 2. The first-order valence-corrected chi connectivity index (χ1v) is 9.88. The van der Waals surface area contributed by atoms with Crippen LogP contribution in [0.3, 0.4) is 0 Å². The lowest BCUT2D eigenvalue weighted by Gasteiger charge is -2.31. The summed E-state index contributed by atoms with van der Waals surface area (Å²) in [5.41, 5.74) is 6.20. The number of aromatic nitrogens is 2. The van der Waals surface area contributed by atoms with Crippen LogP contribution in [-0.2, 0) is 10.0 Å². The monoisotopic (exact) mass is 394 g/mol.